The molecule has 0 heterocycles. The molecule has 1 saturated carbocycles. The Morgan fingerprint density at radius 1 is 1.50 bits per heavy atom. The first-order valence-corrected chi connectivity index (χ1v) is 4.70. The summed E-state index contributed by atoms with van der Waals surface area (Å²) in [5.74, 6) is 0.585. The summed E-state index contributed by atoms with van der Waals surface area (Å²) in [6.07, 6.45) is 9.55. The predicted octanol–water partition coefficient (Wildman–Crippen LogP) is 3.33. The van der Waals surface area contributed by atoms with Gasteiger partial charge in [0.2, 0.25) is 0 Å². The van der Waals surface area contributed by atoms with Crippen LogP contribution in [0.25, 0.3) is 0 Å². The second-order valence-electron chi connectivity index (χ2n) is 3.26. The van der Waals surface area contributed by atoms with Crippen LogP contribution in [-0.2, 0) is 0 Å². The van der Waals surface area contributed by atoms with Gasteiger partial charge in [-0.15, -0.1) is 0 Å². The molecule has 1 rings (SSSR count). The highest BCUT2D eigenvalue weighted by molar-refractivity contribution is 6.01. The van der Waals surface area contributed by atoms with E-state index in [1.165, 1.54) is 18.4 Å². The lowest BCUT2D eigenvalue weighted by atomic mass is 10.0. The fourth-order valence-corrected chi connectivity index (χ4v) is 1.24. The molecule has 0 aromatic heterocycles. The predicted molar refractivity (Wildman–Crippen MR) is 53.6 cm³/mol. The van der Waals surface area contributed by atoms with Gasteiger partial charge in [0.15, 0.2) is 0 Å². The minimum Gasteiger partial charge on any atom is -0.305 e. The van der Waals surface area contributed by atoms with Crippen molar-refractivity contribution in [2.75, 3.05) is 0 Å². The number of allylic oxidation sites excluding steroid dienone is 4. The number of hydrogen-bond donors (Lipinski definition) is 1. The Kier molecular flexibility index (Phi) is 3.27. The van der Waals surface area contributed by atoms with Crippen molar-refractivity contribution in [1.29, 1.82) is 5.41 Å². The lowest BCUT2D eigenvalue weighted by molar-refractivity contribution is 1.08. The van der Waals surface area contributed by atoms with Crippen molar-refractivity contribution >= 4 is 5.71 Å². The fourth-order valence-electron chi connectivity index (χ4n) is 1.24. The third-order valence-electron chi connectivity index (χ3n) is 2.20. The zero-order chi connectivity index (χ0) is 8.97. The average Bonchev–Trinajstić information content (AvgIpc) is 2.88. The van der Waals surface area contributed by atoms with Gasteiger partial charge in [-0.25, -0.2) is 0 Å². The zero-order valence-corrected chi connectivity index (χ0v) is 7.93. The number of rotatable bonds is 4. The fraction of sp³-hybridized carbons (Fsp3) is 0.545. The maximum Gasteiger partial charge on any atom is 0.0376 e. The van der Waals surface area contributed by atoms with Gasteiger partial charge in [0.05, 0.1) is 0 Å². The standard InChI is InChI=1S/C11H17N/c1-3-5-6-9(4-2)11(12)10-7-8-10/h3,5-6,10,12H,4,7-8H2,1-2H3/b5-3-,9-6-,12-11?. The summed E-state index contributed by atoms with van der Waals surface area (Å²) in [6.45, 7) is 4.12. The van der Waals surface area contributed by atoms with E-state index >= 15 is 0 Å². The van der Waals surface area contributed by atoms with Crippen molar-refractivity contribution in [1.82, 2.24) is 0 Å². The minimum absolute atomic E-state index is 0.585. The first-order chi connectivity index (χ1) is 5.79. The molecule has 0 bridgehead atoms. The molecule has 0 spiro atoms. The van der Waals surface area contributed by atoms with Gasteiger partial charge < -0.3 is 5.41 Å². The summed E-state index contributed by atoms with van der Waals surface area (Å²) in [7, 11) is 0. The van der Waals surface area contributed by atoms with Gasteiger partial charge in [-0.3, -0.25) is 0 Å². The molecule has 1 fully saturated rings. The molecule has 0 aromatic rings. The second kappa shape index (κ2) is 4.24. The summed E-state index contributed by atoms with van der Waals surface area (Å²) in [4.78, 5) is 0. The first-order valence-electron chi connectivity index (χ1n) is 4.70. The summed E-state index contributed by atoms with van der Waals surface area (Å²) >= 11 is 0. The van der Waals surface area contributed by atoms with Gasteiger partial charge in [0.1, 0.15) is 0 Å². The monoisotopic (exact) mass is 163 g/mol. The van der Waals surface area contributed by atoms with E-state index in [0.29, 0.717) is 5.92 Å². The summed E-state index contributed by atoms with van der Waals surface area (Å²) in [6, 6.07) is 0. The van der Waals surface area contributed by atoms with E-state index < -0.39 is 0 Å². The maximum absolute atomic E-state index is 7.84. The summed E-state index contributed by atoms with van der Waals surface area (Å²) in [5, 5.41) is 7.84. The SMILES string of the molecule is C/C=C\C=C(\CC)C(=N)C1CC1. The molecule has 1 aliphatic rings. The minimum atomic E-state index is 0.585. The van der Waals surface area contributed by atoms with Crippen molar-refractivity contribution in [3.63, 3.8) is 0 Å². The van der Waals surface area contributed by atoms with Gasteiger partial charge in [-0.05, 0) is 31.8 Å². The molecule has 0 atom stereocenters. The van der Waals surface area contributed by atoms with Crippen LogP contribution in [0.1, 0.15) is 33.1 Å². The highest BCUT2D eigenvalue weighted by Crippen LogP contribution is 2.33. The first kappa shape index (κ1) is 9.24. The van der Waals surface area contributed by atoms with Crippen LogP contribution in [0.3, 0.4) is 0 Å². The summed E-state index contributed by atoms with van der Waals surface area (Å²) in [5.41, 5.74) is 2.08. The van der Waals surface area contributed by atoms with Crippen LogP contribution in [0.5, 0.6) is 0 Å². The lowest BCUT2D eigenvalue weighted by Gasteiger charge is -2.03. The zero-order valence-electron chi connectivity index (χ0n) is 7.93. The van der Waals surface area contributed by atoms with E-state index in [-0.39, 0.29) is 0 Å². The molecule has 0 radical (unpaired) electrons. The van der Waals surface area contributed by atoms with Gasteiger partial charge in [0.25, 0.3) is 0 Å². The van der Waals surface area contributed by atoms with Gasteiger partial charge in [-0.1, -0.05) is 25.2 Å². The Labute approximate surface area is 74.7 Å². The van der Waals surface area contributed by atoms with Crippen molar-refractivity contribution in [3.8, 4) is 0 Å². The van der Waals surface area contributed by atoms with E-state index in [2.05, 4.69) is 13.0 Å². The molecule has 0 saturated heterocycles. The molecule has 1 heteroatoms. The smallest absolute Gasteiger partial charge is 0.0376 e. The molecule has 0 amide bonds. The van der Waals surface area contributed by atoms with E-state index in [0.717, 1.165) is 12.1 Å². The molecular formula is C11H17N. The van der Waals surface area contributed by atoms with E-state index in [9.17, 15) is 0 Å². The normalized spacial score (nSPS) is 18.7. The van der Waals surface area contributed by atoms with Crippen molar-refractivity contribution in [2.24, 2.45) is 5.92 Å². The van der Waals surface area contributed by atoms with Crippen LogP contribution in [0.4, 0.5) is 0 Å². The molecular weight excluding hydrogens is 146 g/mol. The van der Waals surface area contributed by atoms with E-state index in [1.54, 1.807) is 0 Å². The largest absolute Gasteiger partial charge is 0.305 e. The van der Waals surface area contributed by atoms with Gasteiger partial charge in [0, 0.05) is 11.6 Å². The van der Waals surface area contributed by atoms with E-state index in [4.69, 9.17) is 5.41 Å². The lowest BCUT2D eigenvalue weighted by Crippen LogP contribution is -2.02. The number of nitrogens with one attached hydrogen (secondary N) is 1. The molecule has 0 unspecified atom stereocenters. The molecule has 66 valence electrons. The molecule has 0 aromatic carbocycles. The molecule has 1 aliphatic carbocycles. The average molecular weight is 163 g/mol. The third kappa shape index (κ3) is 2.33. The molecule has 1 N–H and O–H groups in total. The van der Waals surface area contributed by atoms with Crippen molar-refractivity contribution < 1.29 is 0 Å². The summed E-state index contributed by atoms with van der Waals surface area (Å²) < 4.78 is 0. The highest BCUT2D eigenvalue weighted by Gasteiger charge is 2.27. The molecule has 0 aliphatic heterocycles. The Morgan fingerprint density at radius 3 is 2.58 bits per heavy atom. The van der Waals surface area contributed by atoms with Crippen molar-refractivity contribution in [2.45, 2.75) is 33.1 Å². The van der Waals surface area contributed by atoms with Crippen LogP contribution in [0.2, 0.25) is 0 Å². The van der Waals surface area contributed by atoms with Crippen LogP contribution in [0.15, 0.2) is 23.8 Å². The Bertz CT molecular complexity index is 219. The second-order valence-corrected chi connectivity index (χ2v) is 3.26. The third-order valence-corrected chi connectivity index (χ3v) is 2.20. The molecule has 12 heavy (non-hydrogen) atoms. The van der Waals surface area contributed by atoms with Crippen LogP contribution < -0.4 is 0 Å². The van der Waals surface area contributed by atoms with Crippen molar-refractivity contribution in [3.05, 3.63) is 23.8 Å². The quantitative estimate of drug-likeness (QED) is 0.485. The van der Waals surface area contributed by atoms with Crippen LogP contribution in [-0.4, -0.2) is 5.71 Å². The Balaban J connectivity index is 2.59. The molecule has 1 nitrogen and oxygen atoms in total. The van der Waals surface area contributed by atoms with Gasteiger partial charge in [-0.2, -0.15) is 0 Å². The maximum atomic E-state index is 7.84. The number of hydrogen-bond acceptors (Lipinski definition) is 1. The van der Waals surface area contributed by atoms with Crippen LogP contribution >= 0.6 is 0 Å². The van der Waals surface area contributed by atoms with E-state index in [1.807, 2.05) is 19.1 Å². The topological polar surface area (TPSA) is 23.9 Å². The highest BCUT2D eigenvalue weighted by atomic mass is 14.5. The van der Waals surface area contributed by atoms with Crippen LogP contribution in [0, 0.1) is 11.3 Å². The van der Waals surface area contributed by atoms with Gasteiger partial charge >= 0.3 is 0 Å². The Hall–Kier alpha value is -0.850. The Morgan fingerprint density at radius 2 is 2.17 bits per heavy atom.